The van der Waals surface area contributed by atoms with Crippen LogP contribution in [0.25, 0.3) is 0 Å². The SMILES string of the molecule is COc1cc(OC)c(/C=N\NC(=O)C(NC(=O)c2ccccc2Cl)C(C)C)cc1Br. The average molecular weight is 497 g/mol. The molecule has 0 aromatic heterocycles. The minimum Gasteiger partial charge on any atom is -0.496 e. The van der Waals surface area contributed by atoms with Crippen LogP contribution in [0.2, 0.25) is 5.02 Å². The molecule has 160 valence electrons. The van der Waals surface area contributed by atoms with Gasteiger partial charge in [0.1, 0.15) is 17.5 Å². The standard InChI is InChI=1S/C21H23BrClN3O4/c1-12(2)19(25-20(27)14-7-5-6-8-16(14)23)21(28)26-24-11-13-9-15(22)18(30-4)10-17(13)29-3/h5-12,19H,1-4H3,(H,25,27)(H,26,28)/b24-11-. The maximum atomic E-state index is 12.6. The number of carbonyl (C=O) groups is 2. The molecule has 2 aromatic carbocycles. The van der Waals surface area contributed by atoms with E-state index >= 15 is 0 Å². The predicted octanol–water partition coefficient (Wildman–Crippen LogP) is 4.02. The number of ether oxygens (including phenoxy) is 2. The Bertz CT molecular complexity index is 950. The van der Waals surface area contributed by atoms with Gasteiger partial charge in [0.25, 0.3) is 11.8 Å². The molecule has 0 saturated heterocycles. The Balaban J connectivity index is 2.11. The van der Waals surface area contributed by atoms with Crippen LogP contribution < -0.4 is 20.2 Å². The molecule has 0 aliphatic heterocycles. The summed E-state index contributed by atoms with van der Waals surface area (Å²) in [5.74, 6) is 0.0827. The first-order valence-corrected chi connectivity index (χ1v) is 10.2. The van der Waals surface area contributed by atoms with Crippen LogP contribution in [0.4, 0.5) is 0 Å². The lowest BCUT2D eigenvalue weighted by Crippen LogP contribution is -2.48. The van der Waals surface area contributed by atoms with Crippen molar-refractivity contribution in [3.8, 4) is 11.5 Å². The summed E-state index contributed by atoms with van der Waals surface area (Å²) in [5.41, 5.74) is 3.40. The summed E-state index contributed by atoms with van der Waals surface area (Å²) in [6, 6.07) is 9.31. The summed E-state index contributed by atoms with van der Waals surface area (Å²) >= 11 is 9.47. The molecule has 9 heteroatoms. The van der Waals surface area contributed by atoms with Crippen LogP contribution in [0.1, 0.15) is 29.8 Å². The van der Waals surface area contributed by atoms with Gasteiger partial charge in [-0.2, -0.15) is 5.10 Å². The minimum absolute atomic E-state index is 0.170. The second-order valence-electron chi connectivity index (χ2n) is 6.64. The van der Waals surface area contributed by atoms with E-state index in [1.165, 1.54) is 13.3 Å². The second-order valence-corrected chi connectivity index (χ2v) is 7.90. The molecule has 2 rings (SSSR count). The third-order valence-corrected chi connectivity index (χ3v) is 5.19. The Hall–Kier alpha value is -2.58. The molecule has 0 aliphatic carbocycles. The monoisotopic (exact) mass is 495 g/mol. The first-order valence-electron chi connectivity index (χ1n) is 9.08. The van der Waals surface area contributed by atoms with Crippen molar-refractivity contribution in [3.63, 3.8) is 0 Å². The summed E-state index contributed by atoms with van der Waals surface area (Å²) in [7, 11) is 3.08. The molecule has 1 atom stereocenters. The number of halogens is 2. The Morgan fingerprint density at radius 3 is 2.40 bits per heavy atom. The zero-order chi connectivity index (χ0) is 22.3. The minimum atomic E-state index is -0.796. The number of benzene rings is 2. The summed E-state index contributed by atoms with van der Waals surface area (Å²) < 4.78 is 11.3. The molecular formula is C21H23BrClN3O4. The van der Waals surface area contributed by atoms with E-state index in [0.717, 1.165) is 0 Å². The average Bonchev–Trinajstić information content (AvgIpc) is 2.72. The van der Waals surface area contributed by atoms with E-state index in [-0.39, 0.29) is 5.92 Å². The van der Waals surface area contributed by atoms with Crippen molar-refractivity contribution < 1.29 is 19.1 Å². The lowest BCUT2D eigenvalue weighted by molar-refractivity contribution is -0.123. The fourth-order valence-corrected chi connectivity index (χ4v) is 3.36. The Morgan fingerprint density at radius 1 is 1.13 bits per heavy atom. The van der Waals surface area contributed by atoms with E-state index in [1.54, 1.807) is 43.5 Å². The number of amides is 2. The molecule has 0 bridgehead atoms. The van der Waals surface area contributed by atoms with Crippen LogP contribution >= 0.6 is 27.5 Å². The Kier molecular flexibility index (Phi) is 8.68. The molecule has 0 radical (unpaired) electrons. The number of carbonyl (C=O) groups excluding carboxylic acids is 2. The molecule has 0 saturated carbocycles. The van der Waals surface area contributed by atoms with Gasteiger partial charge in [-0.25, -0.2) is 5.43 Å². The molecule has 2 N–H and O–H groups in total. The number of nitrogens with one attached hydrogen (secondary N) is 2. The molecule has 7 nitrogen and oxygen atoms in total. The first-order chi connectivity index (χ1) is 14.3. The second kappa shape index (κ2) is 11.0. The molecule has 0 fully saturated rings. The third-order valence-electron chi connectivity index (χ3n) is 4.24. The number of nitrogens with zero attached hydrogens (tertiary/aromatic N) is 1. The van der Waals surface area contributed by atoms with Crippen molar-refractivity contribution in [1.82, 2.24) is 10.7 Å². The van der Waals surface area contributed by atoms with Crippen molar-refractivity contribution in [2.45, 2.75) is 19.9 Å². The van der Waals surface area contributed by atoms with Crippen LogP contribution in [-0.2, 0) is 4.79 Å². The normalized spacial score (nSPS) is 12.0. The van der Waals surface area contributed by atoms with E-state index in [4.69, 9.17) is 21.1 Å². The van der Waals surface area contributed by atoms with E-state index in [1.807, 2.05) is 13.8 Å². The van der Waals surface area contributed by atoms with E-state index in [2.05, 4.69) is 31.8 Å². The van der Waals surface area contributed by atoms with Crippen molar-refractivity contribution >= 4 is 45.6 Å². The van der Waals surface area contributed by atoms with Gasteiger partial charge < -0.3 is 14.8 Å². The predicted molar refractivity (Wildman–Crippen MR) is 121 cm³/mol. The summed E-state index contributed by atoms with van der Waals surface area (Å²) in [4.78, 5) is 25.1. The molecule has 0 aliphatic rings. The van der Waals surface area contributed by atoms with Crippen LogP contribution in [0.15, 0.2) is 46.0 Å². The van der Waals surface area contributed by atoms with Gasteiger partial charge in [0.15, 0.2) is 0 Å². The van der Waals surface area contributed by atoms with Crippen molar-refractivity contribution in [3.05, 3.63) is 57.0 Å². The number of hydrogen-bond acceptors (Lipinski definition) is 5. The highest BCUT2D eigenvalue weighted by molar-refractivity contribution is 9.10. The molecule has 0 heterocycles. The fraction of sp³-hybridized carbons (Fsp3) is 0.286. The van der Waals surface area contributed by atoms with Gasteiger partial charge in [0, 0.05) is 11.6 Å². The van der Waals surface area contributed by atoms with Crippen LogP contribution in [0.3, 0.4) is 0 Å². The molecule has 30 heavy (non-hydrogen) atoms. The summed E-state index contributed by atoms with van der Waals surface area (Å²) in [6.45, 7) is 3.65. The van der Waals surface area contributed by atoms with Gasteiger partial charge in [-0.3, -0.25) is 9.59 Å². The zero-order valence-corrected chi connectivity index (χ0v) is 19.4. The molecule has 2 aromatic rings. The van der Waals surface area contributed by atoms with Gasteiger partial charge >= 0.3 is 0 Å². The molecule has 0 spiro atoms. The maximum absolute atomic E-state index is 12.6. The quantitative estimate of drug-likeness (QED) is 0.427. The number of methoxy groups -OCH3 is 2. The smallest absolute Gasteiger partial charge is 0.262 e. The van der Waals surface area contributed by atoms with E-state index < -0.39 is 17.9 Å². The number of rotatable bonds is 8. The van der Waals surface area contributed by atoms with E-state index in [0.29, 0.717) is 32.1 Å². The van der Waals surface area contributed by atoms with Gasteiger partial charge in [0.2, 0.25) is 0 Å². The van der Waals surface area contributed by atoms with Crippen LogP contribution in [-0.4, -0.2) is 38.3 Å². The maximum Gasteiger partial charge on any atom is 0.262 e. The lowest BCUT2D eigenvalue weighted by atomic mass is 10.0. The molecule has 1 unspecified atom stereocenters. The topological polar surface area (TPSA) is 89.0 Å². The fourth-order valence-electron chi connectivity index (χ4n) is 2.62. The van der Waals surface area contributed by atoms with Gasteiger partial charge in [-0.1, -0.05) is 37.6 Å². The summed E-state index contributed by atoms with van der Waals surface area (Å²) in [5, 5.41) is 7.03. The Labute approximate surface area is 188 Å². The van der Waals surface area contributed by atoms with Gasteiger partial charge in [0.05, 0.1) is 35.5 Å². The van der Waals surface area contributed by atoms with Crippen molar-refractivity contribution in [1.29, 1.82) is 0 Å². The number of hydrogen-bond donors (Lipinski definition) is 2. The van der Waals surface area contributed by atoms with Gasteiger partial charge in [-0.15, -0.1) is 0 Å². The highest BCUT2D eigenvalue weighted by atomic mass is 79.9. The Morgan fingerprint density at radius 2 is 1.80 bits per heavy atom. The zero-order valence-electron chi connectivity index (χ0n) is 17.0. The lowest BCUT2D eigenvalue weighted by Gasteiger charge is -2.20. The van der Waals surface area contributed by atoms with Crippen molar-refractivity contribution in [2.24, 2.45) is 11.0 Å². The largest absolute Gasteiger partial charge is 0.496 e. The molecule has 2 amide bonds. The highest BCUT2D eigenvalue weighted by Gasteiger charge is 2.25. The van der Waals surface area contributed by atoms with Crippen molar-refractivity contribution in [2.75, 3.05) is 14.2 Å². The summed E-state index contributed by atoms with van der Waals surface area (Å²) in [6.07, 6.45) is 1.45. The first kappa shape index (κ1) is 23.7. The van der Waals surface area contributed by atoms with Crippen LogP contribution in [0, 0.1) is 5.92 Å². The van der Waals surface area contributed by atoms with Crippen LogP contribution in [0.5, 0.6) is 11.5 Å². The highest BCUT2D eigenvalue weighted by Crippen LogP contribution is 2.31. The number of hydrazone groups is 1. The van der Waals surface area contributed by atoms with Gasteiger partial charge in [-0.05, 0) is 40.0 Å². The van der Waals surface area contributed by atoms with E-state index in [9.17, 15) is 9.59 Å². The molecular weight excluding hydrogens is 474 g/mol. The third kappa shape index (κ3) is 5.96.